The Kier molecular flexibility index (Phi) is 25.4. The molecule has 0 unspecified atom stereocenters. The van der Waals surface area contributed by atoms with Crippen molar-refractivity contribution in [2.24, 2.45) is 0 Å². The van der Waals surface area contributed by atoms with Gasteiger partial charge in [-0.25, -0.2) is 16.8 Å². The summed E-state index contributed by atoms with van der Waals surface area (Å²) in [6.07, 6.45) is 27.1. The van der Waals surface area contributed by atoms with E-state index in [-0.39, 0.29) is 47.5 Å². The number of hydrogen-bond acceptors (Lipinski definition) is 6. The first-order valence-electron chi connectivity index (χ1n) is 22.0. The van der Waals surface area contributed by atoms with E-state index < -0.39 is 20.2 Å². The Bertz CT molecular complexity index is 1830. The Labute approximate surface area is 376 Å². The van der Waals surface area contributed by atoms with Crippen molar-refractivity contribution in [1.82, 2.24) is 0 Å². The molecule has 0 aliphatic heterocycles. The van der Waals surface area contributed by atoms with E-state index in [0.717, 1.165) is 97.2 Å². The topological polar surface area (TPSA) is 114 Å². The molecule has 0 aliphatic carbocycles. The minimum absolute atomic E-state index is 0. The van der Waals surface area contributed by atoms with Crippen LogP contribution in [-0.2, 0) is 45.9 Å². The zero-order valence-corrected chi connectivity index (χ0v) is 39.6. The van der Waals surface area contributed by atoms with Crippen LogP contribution in [-0.4, -0.2) is 63.7 Å². The van der Waals surface area contributed by atoms with Crippen LogP contribution < -0.4 is 0 Å². The molecule has 0 spiro atoms. The van der Waals surface area contributed by atoms with Gasteiger partial charge in [0.2, 0.25) is 0 Å². The second-order valence-electron chi connectivity index (χ2n) is 15.7. The van der Waals surface area contributed by atoms with Gasteiger partial charge in [-0.05, 0) is 96.5 Å². The molecule has 0 saturated heterocycles. The maximum Gasteiger partial charge on any atom is 2.00 e. The molecular weight excluding hydrogens is 777 g/mol. The van der Waals surface area contributed by atoms with Crippen LogP contribution in [0.2, 0.25) is 0 Å². The molecule has 0 radical (unpaired) electrons. The second kappa shape index (κ2) is 28.1. The molecule has 0 aliphatic rings. The third kappa shape index (κ3) is 17.5. The fraction of sp³-hybridized carbons (Fsp3) is 0.583. The van der Waals surface area contributed by atoms with Gasteiger partial charge in [0.1, 0.15) is 20.2 Å². The third-order valence-electron chi connectivity index (χ3n) is 11.1. The Balaban J connectivity index is 0.000000387. The summed E-state index contributed by atoms with van der Waals surface area (Å²) in [5.74, 6) is 0. The van der Waals surface area contributed by atoms with Crippen LogP contribution in [0.25, 0.3) is 21.5 Å². The summed E-state index contributed by atoms with van der Waals surface area (Å²) < 4.78 is 71.4. The van der Waals surface area contributed by atoms with Gasteiger partial charge in [0.05, 0.1) is 9.79 Å². The Hall–Kier alpha value is -1.52. The third-order valence-corrected chi connectivity index (χ3v) is 12.9. The summed E-state index contributed by atoms with van der Waals surface area (Å²) in [6.45, 7) is 8.80. The predicted molar refractivity (Wildman–Crippen MR) is 239 cm³/mol. The van der Waals surface area contributed by atoms with Crippen molar-refractivity contribution in [1.29, 1.82) is 0 Å². The molecular formula is C48H70CaO6S2. The van der Waals surface area contributed by atoms with Gasteiger partial charge in [0.15, 0.2) is 0 Å². The minimum atomic E-state index is -4.49. The molecule has 4 aromatic carbocycles. The first-order valence-corrected chi connectivity index (χ1v) is 24.8. The molecule has 0 fully saturated rings. The normalized spacial score (nSPS) is 11.8. The van der Waals surface area contributed by atoms with Crippen molar-refractivity contribution < 1.29 is 25.9 Å². The van der Waals surface area contributed by atoms with Crippen LogP contribution in [0.3, 0.4) is 0 Å². The maximum absolute atomic E-state index is 11.9. The SMILES string of the molecule is CCCCCCCc1ccc(CCCCCCC)c2c(S(=O)(=O)[O-])cccc12.CCCCCCCc1ccc(CCCCCCC)c2c(S(=O)(=O)[O-])cccc12.[Ca+2]. The van der Waals surface area contributed by atoms with E-state index in [9.17, 15) is 25.9 Å². The van der Waals surface area contributed by atoms with Crippen molar-refractivity contribution in [3.8, 4) is 0 Å². The van der Waals surface area contributed by atoms with Crippen LogP contribution in [0.1, 0.15) is 178 Å². The first-order chi connectivity index (χ1) is 27.0. The van der Waals surface area contributed by atoms with Crippen LogP contribution >= 0.6 is 0 Å². The van der Waals surface area contributed by atoms with Gasteiger partial charge in [-0.1, -0.05) is 179 Å². The summed E-state index contributed by atoms with van der Waals surface area (Å²) in [4.78, 5) is -0.109. The van der Waals surface area contributed by atoms with Gasteiger partial charge in [0.25, 0.3) is 0 Å². The molecule has 9 heteroatoms. The summed E-state index contributed by atoms with van der Waals surface area (Å²) in [5, 5.41) is 3.22. The molecule has 0 aromatic heterocycles. The number of hydrogen-bond donors (Lipinski definition) is 0. The standard InChI is InChI=1S/2C24H36O3S.Ca/c2*1-3-5-7-9-11-14-20-18-19-21(15-12-10-8-6-4-2)24-22(20)16-13-17-23(24)28(25,26)27;/h2*13,16-19H,3-12,14-15H2,1-2H3,(H,25,26,27);/q;;+2/p-2. The van der Waals surface area contributed by atoms with Crippen molar-refractivity contribution in [2.45, 2.75) is 192 Å². The molecule has 0 saturated carbocycles. The summed E-state index contributed by atoms with van der Waals surface area (Å²) in [6, 6.07) is 18.7. The summed E-state index contributed by atoms with van der Waals surface area (Å²) in [5.41, 5.74) is 4.31. The monoisotopic (exact) mass is 846 g/mol. The number of benzene rings is 4. The predicted octanol–water partition coefficient (Wildman–Crippen LogP) is 13.2. The summed E-state index contributed by atoms with van der Waals surface area (Å²) >= 11 is 0. The van der Waals surface area contributed by atoms with E-state index in [1.165, 1.54) is 102 Å². The average Bonchev–Trinajstić information content (AvgIpc) is 3.17. The van der Waals surface area contributed by atoms with Gasteiger partial charge in [0, 0.05) is 10.8 Å². The van der Waals surface area contributed by atoms with E-state index in [0.29, 0.717) is 10.8 Å². The Morgan fingerprint density at radius 2 is 0.632 bits per heavy atom. The molecule has 6 nitrogen and oxygen atoms in total. The first kappa shape index (κ1) is 51.6. The molecule has 4 aromatic rings. The van der Waals surface area contributed by atoms with Gasteiger partial charge >= 0.3 is 37.7 Å². The molecule has 0 amide bonds. The van der Waals surface area contributed by atoms with Crippen molar-refractivity contribution in [2.75, 3.05) is 0 Å². The number of unbranched alkanes of at least 4 members (excludes halogenated alkanes) is 16. The smallest absolute Gasteiger partial charge is 0.744 e. The van der Waals surface area contributed by atoms with Crippen LogP contribution in [0.5, 0.6) is 0 Å². The molecule has 0 N–H and O–H groups in total. The Morgan fingerprint density at radius 1 is 0.368 bits per heavy atom. The maximum atomic E-state index is 11.9. The minimum Gasteiger partial charge on any atom is -0.744 e. The fourth-order valence-corrected chi connectivity index (χ4v) is 9.43. The molecule has 57 heavy (non-hydrogen) atoms. The Morgan fingerprint density at radius 3 is 0.912 bits per heavy atom. The molecule has 0 atom stereocenters. The van der Waals surface area contributed by atoms with Crippen LogP contribution in [0.4, 0.5) is 0 Å². The molecule has 4 rings (SSSR count). The largest absolute Gasteiger partial charge is 2.00 e. The van der Waals surface area contributed by atoms with Gasteiger partial charge in [-0.15, -0.1) is 0 Å². The van der Waals surface area contributed by atoms with E-state index in [2.05, 4.69) is 52.0 Å². The number of fused-ring (bicyclic) bond motifs is 2. The molecule has 312 valence electrons. The van der Waals surface area contributed by atoms with Gasteiger partial charge in [-0.3, -0.25) is 0 Å². The van der Waals surface area contributed by atoms with Gasteiger partial charge in [-0.2, -0.15) is 0 Å². The van der Waals surface area contributed by atoms with E-state index in [1.54, 1.807) is 12.1 Å². The quantitative estimate of drug-likeness (QED) is 0.0353. The van der Waals surface area contributed by atoms with Gasteiger partial charge < -0.3 is 9.11 Å². The van der Waals surface area contributed by atoms with Crippen molar-refractivity contribution in [3.63, 3.8) is 0 Å². The average molecular weight is 847 g/mol. The van der Waals surface area contributed by atoms with Crippen LogP contribution in [0, 0.1) is 0 Å². The number of aryl methyl sites for hydroxylation is 4. The molecule has 0 heterocycles. The zero-order valence-electron chi connectivity index (χ0n) is 35.7. The second-order valence-corrected chi connectivity index (χ2v) is 18.4. The van der Waals surface area contributed by atoms with E-state index in [1.807, 2.05) is 12.1 Å². The summed E-state index contributed by atoms with van der Waals surface area (Å²) in [7, 11) is -8.98. The van der Waals surface area contributed by atoms with E-state index in [4.69, 9.17) is 0 Å². The zero-order chi connectivity index (χ0) is 40.8. The fourth-order valence-electron chi connectivity index (χ4n) is 7.95. The van der Waals surface area contributed by atoms with E-state index >= 15 is 0 Å². The van der Waals surface area contributed by atoms with Crippen molar-refractivity contribution >= 4 is 79.5 Å². The molecule has 0 bridgehead atoms. The van der Waals surface area contributed by atoms with Crippen molar-refractivity contribution in [3.05, 3.63) is 82.9 Å². The van der Waals surface area contributed by atoms with Crippen LogP contribution in [0.15, 0.2) is 70.5 Å². The number of rotatable bonds is 26.